The van der Waals surface area contributed by atoms with Crippen molar-refractivity contribution in [3.63, 3.8) is 0 Å². The lowest BCUT2D eigenvalue weighted by Crippen LogP contribution is -2.38. The van der Waals surface area contributed by atoms with Gasteiger partial charge >= 0.3 is 0 Å². The van der Waals surface area contributed by atoms with Gasteiger partial charge in [0, 0.05) is 24.3 Å². The Morgan fingerprint density at radius 3 is 2.21 bits per heavy atom. The summed E-state index contributed by atoms with van der Waals surface area (Å²) in [5, 5.41) is 0. The van der Waals surface area contributed by atoms with Crippen LogP contribution in [0.5, 0.6) is 0 Å². The predicted octanol–water partition coefficient (Wildman–Crippen LogP) is 4.22. The van der Waals surface area contributed by atoms with Crippen molar-refractivity contribution in [3.05, 3.63) is 65.2 Å². The van der Waals surface area contributed by atoms with E-state index < -0.39 is 0 Å². The van der Waals surface area contributed by atoms with Crippen molar-refractivity contribution in [1.29, 1.82) is 0 Å². The van der Waals surface area contributed by atoms with Gasteiger partial charge in [-0.1, -0.05) is 37.6 Å². The number of ether oxygens (including phenoxy) is 1. The second-order valence-electron chi connectivity index (χ2n) is 8.11. The molecule has 2 aromatic carbocycles. The molecule has 4 nitrogen and oxygen atoms in total. The number of likely N-dealkylation sites (N-methyl/N-ethyl adjacent to an activating group) is 1. The van der Waals surface area contributed by atoms with E-state index in [0.29, 0.717) is 0 Å². The number of unbranched alkanes of at least 4 members (excludes halogenated alkanes) is 1. The minimum atomic E-state index is -0.161. The first kappa shape index (κ1) is 21.5. The predicted molar refractivity (Wildman–Crippen MR) is 120 cm³/mol. The van der Waals surface area contributed by atoms with Gasteiger partial charge in [-0.05, 0) is 68.8 Å². The Balaban J connectivity index is 1.67. The van der Waals surface area contributed by atoms with Crippen molar-refractivity contribution in [2.75, 3.05) is 45.3 Å². The maximum atomic E-state index is 13.2. The summed E-state index contributed by atoms with van der Waals surface area (Å²) in [4.78, 5) is 17.5. The maximum absolute atomic E-state index is 13.2. The Hall–Kier alpha value is -2.17. The molecule has 1 aliphatic rings. The number of hydrogen-bond donors (Lipinski definition) is 0. The molecule has 0 aromatic heterocycles. The van der Waals surface area contributed by atoms with Crippen molar-refractivity contribution in [1.82, 2.24) is 4.90 Å². The highest BCUT2D eigenvalue weighted by molar-refractivity contribution is 6.00. The number of morpholine rings is 1. The molecule has 0 N–H and O–H groups in total. The van der Waals surface area contributed by atoms with Crippen molar-refractivity contribution in [3.8, 4) is 0 Å². The standard InChI is InChI=1S/C25H34N2O2/c1-4-5-6-20-7-9-21(10-8-20)19-24(26(2)3)25(28)22-11-13-23(14-12-22)27-15-17-29-18-16-27/h7-14,24H,4-6,15-19H2,1-3H3. The minimum absolute atomic E-state index is 0.161. The molecule has 0 spiro atoms. The van der Waals surface area contributed by atoms with E-state index in [4.69, 9.17) is 4.74 Å². The van der Waals surface area contributed by atoms with Crippen LogP contribution < -0.4 is 4.90 Å². The summed E-state index contributed by atoms with van der Waals surface area (Å²) in [7, 11) is 3.97. The van der Waals surface area contributed by atoms with Gasteiger partial charge in [-0.2, -0.15) is 0 Å². The van der Waals surface area contributed by atoms with Crippen LogP contribution in [-0.2, 0) is 17.6 Å². The van der Waals surface area contributed by atoms with Crippen molar-refractivity contribution >= 4 is 11.5 Å². The number of carbonyl (C=O) groups excluding carboxylic acids is 1. The number of ketones is 1. The molecule has 1 heterocycles. The summed E-state index contributed by atoms with van der Waals surface area (Å²) in [6.07, 6.45) is 4.29. The van der Waals surface area contributed by atoms with E-state index in [-0.39, 0.29) is 11.8 Å². The zero-order valence-corrected chi connectivity index (χ0v) is 18.1. The monoisotopic (exact) mass is 394 g/mol. The average Bonchev–Trinajstić information content (AvgIpc) is 2.77. The molecule has 0 aliphatic carbocycles. The van der Waals surface area contributed by atoms with Crippen LogP contribution in [-0.4, -0.2) is 57.1 Å². The van der Waals surface area contributed by atoms with Gasteiger partial charge in [0.25, 0.3) is 0 Å². The second-order valence-corrected chi connectivity index (χ2v) is 8.11. The Bertz CT molecular complexity index is 762. The first-order valence-electron chi connectivity index (χ1n) is 10.8. The average molecular weight is 395 g/mol. The van der Waals surface area contributed by atoms with E-state index in [1.165, 1.54) is 24.0 Å². The molecule has 0 radical (unpaired) electrons. The molecule has 3 rings (SSSR count). The summed E-state index contributed by atoms with van der Waals surface area (Å²) in [5.41, 5.74) is 4.53. The molecule has 1 atom stereocenters. The Labute approximate surface area is 175 Å². The summed E-state index contributed by atoms with van der Waals surface area (Å²) >= 11 is 0. The van der Waals surface area contributed by atoms with Crippen molar-refractivity contribution < 1.29 is 9.53 Å². The number of Topliss-reactive ketones (excluding diaryl/α,β-unsaturated/α-hetero) is 1. The lowest BCUT2D eigenvalue weighted by molar-refractivity contribution is 0.0875. The number of carbonyl (C=O) groups is 1. The number of hydrogen-bond acceptors (Lipinski definition) is 4. The van der Waals surface area contributed by atoms with Crippen LogP contribution in [0.25, 0.3) is 0 Å². The van der Waals surface area contributed by atoms with Gasteiger partial charge in [0.1, 0.15) is 0 Å². The Kier molecular flexibility index (Phi) is 7.84. The van der Waals surface area contributed by atoms with E-state index in [9.17, 15) is 4.79 Å². The first-order valence-corrected chi connectivity index (χ1v) is 10.8. The Morgan fingerprint density at radius 2 is 1.62 bits per heavy atom. The third-order valence-corrected chi connectivity index (χ3v) is 5.73. The zero-order valence-electron chi connectivity index (χ0n) is 18.1. The second kappa shape index (κ2) is 10.6. The fourth-order valence-electron chi connectivity index (χ4n) is 3.81. The molecule has 156 valence electrons. The van der Waals surface area contributed by atoms with Crippen LogP contribution in [0.3, 0.4) is 0 Å². The summed E-state index contributed by atoms with van der Waals surface area (Å²) in [6.45, 7) is 5.56. The normalized spacial score (nSPS) is 15.5. The molecule has 1 aliphatic heterocycles. The number of aryl methyl sites for hydroxylation is 1. The van der Waals surface area contributed by atoms with E-state index >= 15 is 0 Å². The van der Waals surface area contributed by atoms with Crippen LogP contribution >= 0.6 is 0 Å². The summed E-state index contributed by atoms with van der Waals surface area (Å²) in [5.74, 6) is 0.179. The lowest BCUT2D eigenvalue weighted by Gasteiger charge is -2.29. The largest absolute Gasteiger partial charge is 0.378 e. The molecule has 0 bridgehead atoms. The van der Waals surface area contributed by atoms with E-state index in [1.807, 2.05) is 31.1 Å². The molecule has 0 amide bonds. The molecule has 1 unspecified atom stereocenters. The molecule has 4 heteroatoms. The third kappa shape index (κ3) is 5.91. The smallest absolute Gasteiger partial charge is 0.180 e. The number of rotatable bonds is 9. The first-order chi connectivity index (χ1) is 14.1. The molecular weight excluding hydrogens is 360 g/mol. The zero-order chi connectivity index (χ0) is 20.6. The molecular formula is C25H34N2O2. The van der Waals surface area contributed by atoms with Crippen molar-refractivity contribution in [2.45, 2.75) is 38.6 Å². The fourth-order valence-corrected chi connectivity index (χ4v) is 3.81. The Morgan fingerprint density at radius 1 is 1.00 bits per heavy atom. The van der Waals surface area contributed by atoms with E-state index in [2.05, 4.69) is 48.2 Å². The van der Waals surface area contributed by atoms with Gasteiger partial charge in [0.2, 0.25) is 0 Å². The van der Waals surface area contributed by atoms with Crippen LogP contribution in [0.4, 0.5) is 5.69 Å². The van der Waals surface area contributed by atoms with E-state index in [0.717, 1.165) is 50.4 Å². The number of anilines is 1. The summed E-state index contributed by atoms with van der Waals surface area (Å²) < 4.78 is 5.42. The minimum Gasteiger partial charge on any atom is -0.378 e. The third-order valence-electron chi connectivity index (χ3n) is 5.73. The SMILES string of the molecule is CCCCc1ccc(CC(C(=O)c2ccc(N3CCOCC3)cc2)N(C)C)cc1. The molecule has 0 saturated carbocycles. The topological polar surface area (TPSA) is 32.8 Å². The highest BCUT2D eigenvalue weighted by atomic mass is 16.5. The molecule has 1 saturated heterocycles. The van der Waals surface area contributed by atoms with Gasteiger partial charge in [0.15, 0.2) is 5.78 Å². The highest BCUT2D eigenvalue weighted by Gasteiger charge is 2.23. The van der Waals surface area contributed by atoms with Gasteiger partial charge in [-0.25, -0.2) is 0 Å². The van der Waals surface area contributed by atoms with Crippen LogP contribution in [0.1, 0.15) is 41.3 Å². The molecule has 29 heavy (non-hydrogen) atoms. The highest BCUT2D eigenvalue weighted by Crippen LogP contribution is 2.20. The van der Waals surface area contributed by atoms with Gasteiger partial charge < -0.3 is 9.64 Å². The number of benzene rings is 2. The number of nitrogens with zero attached hydrogens (tertiary/aromatic N) is 2. The van der Waals surface area contributed by atoms with Crippen LogP contribution in [0.2, 0.25) is 0 Å². The fraction of sp³-hybridized carbons (Fsp3) is 0.480. The van der Waals surface area contributed by atoms with Crippen LogP contribution in [0, 0.1) is 0 Å². The maximum Gasteiger partial charge on any atom is 0.180 e. The van der Waals surface area contributed by atoms with E-state index in [1.54, 1.807) is 0 Å². The van der Waals surface area contributed by atoms with Gasteiger partial charge in [-0.15, -0.1) is 0 Å². The van der Waals surface area contributed by atoms with Gasteiger partial charge in [-0.3, -0.25) is 9.69 Å². The van der Waals surface area contributed by atoms with Gasteiger partial charge in [0.05, 0.1) is 19.3 Å². The van der Waals surface area contributed by atoms with Crippen LogP contribution in [0.15, 0.2) is 48.5 Å². The quantitative estimate of drug-likeness (QED) is 0.596. The lowest BCUT2D eigenvalue weighted by atomic mass is 9.95. The van der Waals surface area contributed by atoms with Crippen molar-refractivity contribution in [2.24, 2.45) is 0 Å². The molecule has 2 aromatic rings. The molecule has 1 fully saturated rings. The summed E-state index contributed by atoms with van der Waals surface area (Å²) in [6, 6.07) is 16.7.